The minimum atomic E-state index is -0.162. The van der Waals surface area contributed by atoms with E-state index in [1.807, 2.05) is 0 Å². The van der Waals surface area contributed by atoms with E-state index in [4.69, 9.17) is 5.73 Å². The zero-order valence-electron chi connectivity index (χ0n) is 10.2. The van der Waals surface area contributed by atoms with E-state index in [9.17, 15) is 4.79 Å². The summed E-state index contributed by atoms with van der Waals surface area (Å²) in [6, 6.07) is 2.57. The van der Waals surface area contributed by atoms with Gasteiger partial charge in [-0.3, -0.25) is 14.8 Å². The first-order valence-electron chi connectivity index (χ1n) is 5.89. The van der Waals surface area contributed by atoms with Crippen LogP contribution < -0.4 is 11.1 Å². The van der Waals surface area contributed by atoms with Crippen LogP contribution in [0.15, 0.2) is 6.07 Å². The lowest BCUT2D eigenvalue weighted by Gasteiger charge is -2.24. The van der Waals surface area contributed by atoms with E-state index in [1.54, 1.807) is 0 Å². The number of hydrogen-bond donors (Lipinski definition) is 3. The van der Waals surface area contributed by atoms with Crippen LogP contribution in [0.2, 0.25) is 0 Å². The Morgan fingerprint density at radius 1 is 1.76 bits per heavy atom. The molecule has 1 aliphatic carbocycles. The second-order valence-corrected chi connectivity index (χ2v) is 4.66. The summed E-state index contributed by atoms with van der Waals surface area (Å²) in [6.45, 7) is 2.74. The molecular formula is C11H19N5O. The third kappa shape index (κ3) is 2.97. The van der Waals surface area contributed by atoms with Crippen molar-refractivity contribution >= 4 is 11.7 Å². The molecule has 0 radical (unpaired) electrons. The Bertz CT molecular complexity index is 398. The normalized spacial score (nSPS) is 17.1. The van der Waals surface area contributed by atoms with Crippen LogP contribution in [0.1, 0.15) is 30.3 Å². The molecule has 1 fully saturated rings. The van der Waals surface area contributed by atoms with Crippen LogP contribution in [0.3, 0.4) is 0 Å². The number of hydrogen-bond acceptors (Lipinski definition) is 4. The molecule has 0 saturated heterocycles. The van der Waals surface area contributed by atoms with Gasteiger partial charge in [-0.25, -0.2) is 0 Å². The first-order chi connectivity index (χ1) is 8.08. The van der Waals surface area contributed by atoms with Crippen molar-refractivity contribution in [2.24, 2.45) is 0 Å². The summed E-state index contributed by atoms with van der Waals surface area (Å²) < 4.78 is 0. The fourth-order valence-corrected chi connectivity index (χ4v) is 1.77. The molecule has 2 rings (SSSR count). The highest BCUT2D eigenvalue weighted by molar-refractivity contribution is 5.92. The summed E-state index contributed by atoms with van der Waals surface area (Å²) >= 11 is 0. The van der Waals surface area contributed by atoms with Gasteiger partial charge in [0.1, 0.15) is 11.5 Å². The maximum Gasteiger partial charge on any atom is 0.269 e. The molecular weight excluding hydrogens is 218 g/mol. The second-order valence-electron chi connectivity index (χ2n) is 4.66. The van der Waals surface area contributed by atoms with Gasteiger partial charge in [0.05, 0.1) is 0 Å². The average molecular weight is 237 g/mol. The number of nitrogen functional groups attached to an aromatic ring is 1. The Labute approximate surface area is 101 Å². The minimum absolute atomic E-state index is 0.162. The molecule has 17 heavy (non-hydrogen) atoms. The van der Waals surface area contributed by atoms with Gasteiger partial charge in [-0.05, 0) is 26.8 Å². The predicted octanol–water partition coefficient (Wildman–Crippen LogP) is 0.204. The van der Waals surface area contributed by atoms with Crippen molar-refractivity contribution in [1.82, 2.24) is 20.4 Å². The molecule has 0 bridgehead atoms. The lowest BCUT2D eigenvalue weighted by atomic mass is 10.3. The van der Waals surface area contributed by atoms with Crippen molar-refractivity contribution in [2.75, 3.05) is 19.3 Å². The third-order valence-electron chi connectivity index (χ3n) is 3.22. The van der Waals surface area contributed by atoms with E-state index in [2.05, 4.69) is 34.4 Å². The average Bonchev–Trinajstić information content (AvgIpc) is 3.07. The van der Waals surface area contributed by atoms with Gasteiger partial charge in [0.25, 0.3) is 5.91 Å². The zero-order valence-corrected chi connectivity index (χ0v) is 10.2. The molecule has 1 aromatic heterocycles. The summed E-state index contributed by atoms with van der Waals surface area (Å²) in [4.78, 5) is 14.0. The van der Waals surface area contributed by atoms with Gasteiger partial charge in [0.2, 0.25) is 0 Å². The zero-order chi connectivity index (χ0) is 12.4. The van der Waals surface area contributed by atoms with Gasteiger partial charge in [-0.1, -0.05) is 0 Å². The summed E-state index contributed by atoms with van der Waals surface area (Å²) in [5, 5.41) is 9.18. The quantitative estimate of drug-likeness (QED) is 0.683. The SMILES string of the molecule is CC(CNC(=O)c1cc(N)n[nH]1)N(C)C1CC1. The molecule has 1 aromatic rings. The summed E-state index contributed by atoms with van der Waals surface area (Å²) in [5.41, 5.74) is 5.84. The molecule has 1 amide bonds. The molecule has 1 atom stereocenters. The molecule has 1 heterocycles. The molecule has 94 valence electrons. The largest absolute Gasteiger partial charge is 0.382 e. The standard InChI is InChI=1S/C11H19N5O/c1-7(16(2)8-3-4-8)6-13-11(17)9-5-10(12)15-14-9/h5,7-8H,3-4,6H2,1-2H3,(H,13,17)(H3,12,14,15). The topological polar surface area (TPSA) is 87.0 Å². The van der Waals surface area contributed by atoms with Crippen LogP contribution in [0.25, 0.3) is 0 Å². The fraction of sp³-hybridized carbons (Fsp3) is 0.636. The number of H-pyrrole nitrogens is 1. The van der Waals surface area contributed by atoms with Gasteiger partial charge >= 0.3 is 0 Å². The highest BCUT2D eigenvalue weighted by atomic mass is 16.1. The van der Waals surface area contributed by atoms with E-state index < -0.39 is 0 Å². The number of carbonyl (C=O) groups excluding carboxylic acids is 1. The minimum Gasteiger partial charge on any atom is -0.382 e. The van der Waals surface area contributed by atoms with E-state index in [-0.39, 0.29) is 5.91 Å². The van der Waals surface area contributed by atoms with E-state index >= 15 is 0 Å². The lowest BCUT2D eigenvalue weighted by Crippen LogP contribution is -2.41. The molecule has 6 nitrogen and oxygen atoms in total. The summed E-state index contributed by atoms with van der Waals surface area (Å²) in [7, 11) is 2.10. The van der Waals surface area contributed by atoms with Crippen molar-refractivity contribution < 1.29 is 4.79 Å². The molecule has 6 heteroatoms. The van der Waals surface area contributed by atoms with Gasteiger partial charge < -0.3 is 11.1 Å². The van der Waals surface area contributed by atoms with Crippen LogP contribution in [0, 0.1) is 0 Å². The number of nitrogens with two attached hydrogens (primary N) is 1. The number of aromatic nitrogens is 2. The molecule has 0 aliphatic heterocycles. The Morgan fingerprint density at radius 2 is 2.47 bits per heavy atom. The first kappa shape index (κ1) is 11.9. The Hall–Kier alpha value is -1.56. The van der Waals surface area contributed by atoms with Gasteiger partial charge in [-0.15, -0.1) is 0 Å². The number of nitrogens with one attached hydrogen (secondary N) is 2. The first-order valence-corrected chi connectivity index (χ1v) is 5.89. The van der Waals surface area contributed by atoms with Crippen molar-refractivity contribution in [3.63, 3.8) is 0 Å². The molecule has 4 N–H and O–H groups in total. The number of carbonyl (C=O) groups is 1. The smallest absolute Gasteiger partial charge is 0.269 e. The molecule has 1 aliphatic rings. The van der Waals surface area contributed by atoms with E-state index in [0.29, 0.717) is 30.1 Å². The lowest BCUT2D eigenvalue weighted by molar-refractivity contribution is 0.0934. The van der Waals surface area contributed by atoms with Crippen molar-refractivity contribution in [2.45, 2.75) is 31.8 Å². The molecule has 0 spiro atoms. The molecule has 0 aromatic carbocycles. The highest BCUT2D eigenvalue weighted by Crippen LogP contribution is 2.26. The fourth-order valence-electron chi connectivity index (χ4n) is 1.77. The van der Waals surface area contributed by atoms with Crippen molar-refractivity contribution in [1.29, 1.82) is 0 Å². The highest BCUT2D eigenvalue weighted by Gasteiger charge is 2.29. The molecule has 1 unspecified atom stereocenters. The van der Waals surface area contributed by atoms with E-state index in [0.717, 1.165) is 0 Å². The van der Waals surface area contributed by atoms with Crippen LogP contribution in [0.5, 0.6) is 0 Å². The third-order valence-corrected chi connectivity index (χ3v) is 3.22. The number of anilines is 1. The monoisotopic (exact) mass is 237 g/mol. The Morgan fingerprint density at radius 3 is 3.00 bits per heavy atom. The molecule has 1 saturated carbocycles. The van der Waals surface area contributed by atoms with Crippen LogP contribution >= 0.6 is 0 Å². The predicted molar refractivity (Wildman–Crippen MR) is 65.6 cm³/mol. The summed E-state index contributed by atoms with van der Waals surface area (Å²) in [6.07, 6.45) is 2.54. The van der Waals surface area contributed by atoms with Crippen LogP contribution in [-0.4, -0.2) is 46.7 Å². The van der Waals surface area contributed by atoms with Gasteiger partial charge in [0.15, 0.2) is 0 Å². The van der Waals surface area contributed by atoms with Gasteiger partial charge in [-0.2, -0.15) is 5.10 Å². The second kappa shape index (κ2) is 4.75. The number of nitrogens with zero attached hydrogens (tertiary/aromatic N) is 2. The number of amides is 1. The summed E-state index contributed by atoms with van der Waals surface area (Å²) in [5.74, 6) is 0.170. The van der Waals surface area contributed by atoms with Crippen LogP contribution in [0.4, 0.5) is 5.82 Å². The maximum absolute atomic E-state index is 11.7. The number of rotatable bonds is 5. The van der Waals surface area contributed by atoms with Crippen molar-refractivity contribution in [3.8, 4) is 0 Å². The Kier molecular flexibility index (Phi) is 3.33. The number of aromatic amines is 1. The van der Waals surface area contributed by atoms with E-state index in [1.165, 1.54) is 18.9 Å². The Balaban J connectivity index is 1.79. The maximum atomic E-state index is 11.7. The van der Waals surface area contributed by atoms with Crippen LogP contribution in [-0.2, 0) is 0 Å². The van der Waals surface area contributed by atoms with Crippen molar-refractivity contribution in [3.05, 3.63) is 11.8 Å². The number of likely N-dealkylation sites (N-methyl/N-ethyl adjacent to an activating group) is 1. The van der Waals surface area contributed by atoms with Gasteiger partial charge in [0, 0.05) is 24.7 Å².